The molecule has 0 N–H and O–H groups in total. The van der Waals surface area contributed by atoms with Crippen molar-refractivity contribution >= 4 is 17.6 Å². The van der Waals surface area contributed by atoms with Crippen LogP contribution in [0.2, 0.25) is 5.02 Å². The molecule has 3 nitrogen and oxygen atoms in total. The second kappa shape index (κ2) is 7.09. The fourth-order valence-corrected chi connectivity index (χ4v) is 3.29. The van der Waals surface area contributed by atoms with E-state index in [1.165, 1.54) is 12.7 Å². The number of methoxy groups -OCH3 is 1. The molecule has 110 valence electrons. The van der Waals surface area contributed by atoms with E-state index in [4.69, 9.17) is 16.3 Å². The second-order valence-corrected chi connectivity index (χ2v) is 5.69. The van der Waals surface area contributed by atoms with Crippen molar-refractivity contribution in [2.75, 3.05) is 13.7 Å². The largest absolute Gasteiger partial charge is 0.468 e. The fraction of sp³-hybridized carbons (Fsp3) is 0.562. The van der Waals surface area contributed by atoms with Crippen LogP contribution in [0.3, 0.4) is 0 Å². The summed E-state index contributed by atoms with van der Waals surface area (Å²) in [5.74, 6) is -0.120. The molecule has 1 heterocycles. The molecule has 1 aromatic carbocycles. The van der Waals surface area contributed by atoms with Gasteiger partial charge in [-0.1, -0.05) is 37.1 Å². The lowest BCUT2D eigenvalue weighted by atomic mass is 9.95. The number of nitrogens with zero attached hydrogens (tertiary/aromatic N) is 1. The van der Waals surface area contributed by atoms with Crippen LogP contribution < -0.4 is 0 Å². The molecule has 1 aromatic rings. The average Bonchev–Trinajstić information content (AvgIpc) is 2.48. The maximum absolute atomic E-state index is 12.0. The number of carbonyl (C=O) groups is 1. The lowest BCUT2D eigenvalue weighted by Gasteiger charge is -2.39. The third-order valence-electron chi connectivity index (χ3n) is 4.04. The number of benzene rings is 1. The molecule has 20 heavy (non-hydrogen) atoms. The van der Waals surface area contributed by atoms with Gasteiger partial charge >= 0.3 is 5.97 Å². The molecule has 1 aliphatic heterocycles. The van der Waals surface area contributed by atoms with Gasteiger partial charge in [-0.25, -0.2) is 0 Å². The highest BCUT2D eigenvalue weighted by Crippen LogP contribution is 2.32. The summed E-state index contributed by atoms with van der Waals surface area (Å²) in [4.78, 5) is 14.3. The molecule has 2 rings (SSSR count). The van der Waals surface area contributed by atoms with Gasteiger partial charge in [-0.3, -0.25) is 9.69 Å². The lowest BCUT2D eigenvalue weighted by Crippen LogP contribution is -2.46. The van der Waals surface area contributed by atoms with Gasteiger partial charge in [-0.2, -0.15) is 0 Å². The van der Waals surface area contributed by atoms with Gasteiger partial charge in [-0.15, -0.1) is 0 Å². The van der Waals surface area contributed by atoms with Crippen LogP contribution in [0, 0.1) is 0 Å². The van der Waals surface area contributed by atoms with E-state index in [1.807, 2.05) is 18.2 Å². The van der Waals surface area contributed by atoms with Crippen LogP contribution in [0.25, 0.3) is 0 Å². The Balaban J connectivity index is 2.26. The summed E-state index contributed by atoms with van der Waals surface area (Å²) in [6, 6.07) is 8.03. The molecule has 0 amide bonds. The van der Waals surface area contributed by atoms with Crippen molar-refractivity contribution in [3.63, 3.8) is 0 Å². The van der Waals surface area contributed by atoms with E-state index in [1.54, 1.807) is 0 Å². The first-order chi connectivity index (χ1) is 9.67. The number of likely N-dealkylation sites (tertiary alicyclic amines) is 1. The summed E-state index contributed by atoms with van der Waals surface area (Å²) in [6.07, 6.45) is 4.05. The third kappa shape index (κ3) is 3.33. The first kappa shape index (κ1) is 15.3. The van der Waals surface area contributed by atoms with Crippen molar-refractivity contribution < 1.29 is 9.53 Å². The van der Waals surface area contributed by atoms with E-state index in [0.29, 0.717) is 0 Å². The molecular weight excluding hydrogens is 274 g/mol. The molecule has 4 heteroatoms. The monoisotopic (exact) mass is 295 g/mol. The molecule has 2 unspecified atom stereocenters. The van der Waals surface area contributed by atoms with Crippen molar-refractivity contribution in [3.05, 3.63) is 34.9 Å². The maximum Gasteiger partial charge on any atom is 0.323 e. The predicted molar refractivity (Wildman–Crippen MR) is 80.8 cm³/mol. The fourth-order valence-electron chi connectivity index (χ4n) is 3.09. The van der Waals surface area contributed by atoms with Crippen LogP contribution in [-0.4, -0.2) is 30.6 Å². The molecular formula is C16H22ClNO2. The van der Waals surface area contributed by atoms with Gasteiger partial charge in [0.2, 0.25) is 0 Å². The van der Waals surface area contributed by atoms with E-state index < -0.39 is 0 Å². The number of carbonyl (C=O) groups excluding carboxylic acids is 1. The van der Waals surface area contributed by atoms with Gasteiger partial charge in [0.1, 0.15) is 6.04 Å². The van der Waals surface area contributed by atoms with Crippen LogP contribution in [0.1, 0.15) is 44.2 Å². The molecule has 0 aromatic heterocycles. The number of esters is 1. The van der Waals surface area contributed by atoms with E-state index in [0.717, 1.165) is 37.3 Å². The van der Waals surface area contributed by atoms with Crippen molar-refractivity contribution in [1.82, 2.24) is 4.90 Å². The van der Waals surface area contributed by atoms with Gasteiger partial charge in [0, 0.05) is 11.1 Å². The highest BCUT2D eigenvalue weighted by Gasteiger charge is 2.34. The summed E-state index contributed by atoms with van der Waals surface area (Å²) >= 11 is 6.10. The zero-order valence-electron chi connectivity index (χ0n) is 12.1. The van der Waals surface area contributed by atoms with E-state index in [2.05, 4.69) is 17.9 Å². The van der Waals surface area contributed by atoms with Gasteiger partial charge in [0.15, 0.2) is 0 Å². The summed E-state index contributed by atoms with van der Waals surface area (Å²) < 4.78 is 4.97. The van der Waals surface area contributed by atoms with Crippen LogP contribution in [0.5, 0.6) is 0 Å². The van der Waals surface area contributed by atoms with Gasteiger partial charge < -0.3 is 4.74 Å². The first-order valence-corrected chi connectivity index (χ1v) is 7.64. The second-order valence-electron chi connectivity index (χ2n) is 5.25. The van der Waals surface area contributed by atoms with Crippen LogP contribution in [0.15, 0.2) is 24.3 Å². The van der Waals surface area contributed by atoms with Crippen LogP contribution >= 0.6 is 11.6 Å². The molecule has 0 aliphatic carbocycles. The zero-order chi connectivity index (χ0) is 14.5. The van der Waals surface area contributed by atoms with Crippen molar-refractivity contribution in [2.24, 2.45) is 0 Å². The molecule has 0 saturated carbocycles. The topological polar surface area (TPSA) is 29.5 Å². The van der Waals surface area contributed by atoms with Crippen molar-refractivity contribution in [3.8, 4) is 0 Å². The van der Waals surface area contributed by atoms with Crippen molar-refractivity contribution in [1.29, 1.82) is 0 Å². The van der Waals surface area contributed by atoms with Crippen LogP contribution in [-0.2, 0) is 9.53 Å². The Hall–Kier alpha value is -1.06. The smallest absolute Gasteiger partial charge is 0.323 e. The predicted octanol–water partition coefficient (Wildman–Crippen LogP) is 3.82. The molecule has 1 aliphatic rings. The highest BCUT2D eigenvalue weighted by atomic mass is 35.5. The minimum atomic E-state index is -0.127. The Bertz CT molecular complexity index is 464. The number of hydrogen-bond acceptors (Lipinski definition) is 3. The zero-order valence-corrected chi connectivity index (χ0v) is 12.9. The summed E-state index contributed by atoms with van der Waals surface area (Å²) in [5, 5.41) is 0.743. The van der Waals surface area contributed by atoms with E-state index in [9.17, 15) is 4.79 Å². The third-order valence-corrected chi connectivity index (χ3v) is 4.27. The SMILES string of the molecule is CCC(c1cccc(Cl)c1)N1CCCCC1C(=O)OC. The minimum absolute atomic E-state index is 0.120. The quantitative estimate of drug-likeness (QED) is 0.791. The molecule has 0 spiro atoms. The minimum Gasteiger partial charge on any atom is -0.468 e. The molecule has 0 radical (unpaired) electrons. The molecule has 2 atom stereocenters. The molecule has 1 saturated heterocycles. The first-order valence-electron chi connectivity index (χ1n) is 7.26. The standard InChI is InChI=1S/C16H22ClNO2/c1-3-14(12-7-6-8-13(17)11-12)18-10-5-4-9-15(18)16(19)20-2/h6-8,11,14-15H,3-5,9-10H2,1-2H3. The van der Waals surface area contributed by atoms with E-state index >= 15 is 0 Å². The highest BCUT2D eigenvalue weighted by molar-refractivity contribution is 6.30. The number of hydrogen-bond donors (Lipinski definition) is 0. The maximum atomic E-state index is 12.0. The number of ether oxygens (including phenoxy) is 1. The number of halogens is 1. The summed E-state index contributed by atoms with van der Waals surface area (Å²) in [6.45, 7) is 3.08. The van der Waals surface area contributed by atoms with Gasteiger partial charge in [-0.05, 0) is 43.5 Å². The lowest BCUT2D eigenvalue weighted by molar-refractivity contribution is -0.149. The van der Waals surface area contributed by atoms with Gasteiger partial charge in [0.25, 0.3) is 0 Å². The van der Waals surface area contributed by atoms with Crippen molar-refractivity contribution in [2.45, 2.75) is 44.7 Å². The number of rotatable bonds is 4. The van der Waals surface area contributed by atoms with E-state index in [-0.39, 0.29) is 18.1 Å². The molecule has 0 bridgehead atoms. The average molecular weight is 296 g/mol. The summed E-state index contributed by atoms with van der Waals surface area (Å²) in [7, 11) is 1.47. The Morgan fingerprint density at radius 2 is 2.30 bits per heavy atom. The Morgan fingerprint density at radius 3 is 2.95 bits per heavy atom. The van der Waals surface area contributed by atoms with Crippen LogP contribution in [0.4, 0.5) is 0 Å². The Kier molecular flexibility index (Phi) is 5.44. The summed E-state index contributed by atoms with van der Waals surface area (Å²) in [5.41, 5.74) is 1.18. The molecule has 1 fully saturated rings. The number of piperidine rings is 1. The Labute approximate surface area is 125 Å². The Morgan fingerprint density at radius 1 is 1.50 bits per heavy atom. The normalized spacial score (nSPS) is 21.4. The van der Waals surface area contributed by atoms with Gasteiger partial charge in [0.05, 0.1) is 7.11 Å².